The molecule has 2 fully saturated rings. The van der Waals surface area contributed by atoms with Crippen molar-refractivity contribution in [2.45, 2.75) is 58.5 Å². The number of hydrogen-bond acceptors (Lipinski definition) is 3. The van der Waals surface area contributed by atoms with Crippen molar-refractivity contribution in [2.75, 3.05) is 19.8 Å². The van der Waals surface area contributed by atoms with Crippen molar-refractivity contribution >= 4 is 5.97 Å². The number of carboxylic acid groups (broad SMARTS) is 1. The van der Waals surface area contributed by atoms with Crippen LogP contribution in [-0.4, -0.2) is 47.8 Å². The van der Waals surface area contributed by atoms with Gasteiger partial charge in [0.15, 0.2) is 0 Å². The highest BCUT2D eigenvalue weighted by atomic mass is 16.5. The average molecular weight is 283 g/mol. The maximum Gasteiger partial charge on any atom is 0.310 e. The predicted octanol–water partition coefficient (Wildman–Crippen LogP) is 2.62. The minimum atomic E-state index is -0.704. The third kappa shape index (κ3) is 3.17. The Hall–Kier alpha value is -0.610. The SMILES string of the molecule is CCCN(C1COCC1C(=O)O)C1C(C)CCCC1C. The maximum atomic E-state index is 11.5. The topological polar surface area (TPSA) is 49.8 Å². The summed E-state index contributed by atoms with van der Waals surface area (Å²) in [6.45, 7) is 8.76. The van der Waals surface area contributed by atoms with Crippen molar-refractivity contribution in [3.8, 4) is 0 Å². The lowest BCUT2D eigenvalue weighted by Gasteiger charge is -2.46. The number of carbonyl (C=O) groups is 1. The zero-order valence-electron chi connectivity index (χ0n) is 13.0. The van der Waals surface area contributed by atoms with Crippen LogP contribution in [0.4, 0.5) is 0 Å². The fourth-order valence-electron chi connectivity index (χ4n) is 4.22. The van der Waals surface area contributed by atoms with Crippen LogP contribution < -0.4 is 0 Å². The number of carboxylic acids is 1. The Morgan fingerprint density at radius 3 is 2.45 bits per heavy atom. The first-order chi connectivity index (χ1) is 9.56. The Bertz CT molecular complexity index is 324. The van der Waals surface area contributed by atoms with E-state index in [-0.39, 0.29) is 12.0 Å². The second-order valence-corrected chi connectivity index (χ2v) is 6.66. The molecule has 0 aromatic heterocycles. The molecule has 0 aromatic rings. The van der Waals surface area contributed by atoms with E-state index in [1.807, 2.05) is 0 Å². The van der Waals surface area contributed by atoms with Gasteiger partial charge in [-0.3, -0.25) is 9.69 Å². The van der Waals surface area contributed by atoms with Crippen LogP contribution in [0, 0.1) is 17.8 Å². The van der Waals surface area contributed by atoms with E-state index in [0.29, 0.717) is 31.1 Å². The summed E-state index contributed by atoms with van der Waals surface area (Å²) in [5, 5.41) is 9.42. The van der Waals surface area contributed by atoms with Crippen molar-refractivity contribution in [3.05, 3.63) is 0 Å². The average Bonchev–Trinajstić information content (AvgIpc) is 2.86. The van der Waals surface area contributed by atoms with E-state index in [0.717, 1.165) is 13.0 Å². The van der Waals surface area contributed by atoms with Crippen molar-refractivity contribution in [1.82, 2.24) is 4.90 Å². The Kier molecular flexibility index (Phi) is 5.44. The fraction of sp³-hybridized carbons (Fsp3) is 0.938. The number of ether oxygens (including phenoxy) is 1. The van der Waals surface area contributed by atoms with Crippen LogP contribution in [0.1, 0.15) is 46.5 Å². The standard InChI is InChI=1S/C16H29NO3/c1-4-8-17(14-10-20-9-13(14)16(18)19)15-11(2)6-5-7-12(15)3/h11-15H,4-10H2,1-3H3,(H,18,19). The molecule has 1 heterocycles. The Morgan fingerprint density at radius 2 is 1.90 bits per heavy atom. The highest BCUT2D eigenvalue weighted by molar-refractivity contribution is 5.71. The highest BCUT2D eigenvalue weighted by Crippen LogP contribution is 2.36. The van der Waals surface area contributed by atoms with Gasteiger partial charge in [0.05, 0.1) is 19.1 Å². The van der Waals surface area contributed by atoms with Crippen LogP contribution in [0.25, 0.3) is 0 Å². The molecule has 1 aliphatic carbocycles. The van der Waals surface area contributed by atoms with E-state index in [9.17, 15) is 9.90 Å². The quantitative estimate of drug-likeness (QED) is 0.842. The van der Waals surface area contributed by atoms with E-state index in [4.69, 9.17) is 4.74 Å². The van der Waals surface area contributed by atoms with E-state index in [1.165, 1.54) is 19.3 Å². The molecular formula is C16H29NO3. The Morgan fingerprint density at radius 1 is 1.25 bits per heavy atom. The molecule has 0 radical (unpaired) electrons. The van der Waals surface area contributed by atoms with Crippen molar-refractivity contribution < 1.29 is 14.6 Å². The van der Waals surface area contributed by atoms with Gasteiger partial charge in [0, 0.05) is 12.1 Å². The van der Waals surface area contributed by atoms with E-state index >= 15 is 0 Å². The molecule has 116 valence electrons. The summed E-state index contributed by atoms with van der Waals surface area (Å²) in [4.78, 5) is 13.9. The normalized spacial score (nSPS) is 38.3. The summed E-state index contributed by atoms with van der Waals surface area (Å²) in [7, 11) is 0. The molecule has 0 bridgehead atoms. The summed E-state index contributed by atoms with van der Waals surface area (Å²) in [5.74, 6) is 0.244. The second kappa shape index (κ2) is 6.90. The summed E-state index contributed by atoms with van der Waals surface area (Å²) < 4.78 is 5.50. The molecule has 2 rings (SSSR count). The molecular weight excluding hydrogens is 254 g/mol. The summed E-state index contributed by atoms with van der Waals surface area (Å²) in [6.07, 6.45) is 4.90. The first-order valence-corrected chi connectivity index (χ1v) is 8.12. The maximum absolute atomic E-state index is 11.5. The zero-order chi connectivity index (χ0) is 14.7. The molecule has 4 heteroatoms. The predicted molar refractivity (Wildman–Crippen MR) is 78.7 cm³/mol. The van der Waals surface area contributed by atoms with Crippen LogP contribution >= 0.6 is 0 Å². The lowest BCUT2D eigenvalue weighted by molar-refractivity contribution is -0.144. The third-order valence-corrected chi connectivity index (χ3v) is 5.14. The van der Waals surface area contributed by atoms with Crippen LogP contribution in [0.2, 0.25) is 0 Å². The molecule has 0 spiro atoms. The minimum Gasteiger partial charge on any atom is -0.481 e. The first-order valence-electron chi connectivity index (χ1n) is 8.12. The van der Waals surface area contributed by atoms with Gasteiger partial charge in [-0.25, -0.2) is 0 Å². The zero-order valence-corrected chi connectivity index (χ0v) is 13.0. The minimum absolute atomic E-state index is 0.0560. The molecule has 20 heavy (non-hydrogen) atoms. The van der Waals surface area contributed by atoms with Gasteiger partial charge >= 0.3 is 5.97 Å². The van der Waals surface area contributed by atoms with E-state index < -0.39 is 5.97 Å². The monoisotopic (exact) mass is 283 g/mol. The molecule has 0 aromatic carbocycles. The van der Waals surface area contributed by atoms with Crippen molar-refractivity contribution in [1.29, 1.82) is 0 Å². The molecule has 2 aliphatic rings. The number of nitrogens with zero attached hydrogens (tertiary/aromatic N) is 1. The Balaban J connectivity index is 2.18. The molecule has 0 amide bonds. The van der Waals surface area contributed by atoms with Gasteiger partial charge in [-0.2, -0.15) is 0 Å². The van der Waals surface area contributed by atoms with Crippen molar-refractivity contribution in [3.63, 3.8) is 0 Å². The summed E-state index contributed by atoms with van der Waals surface area (Å²) in [6, 6.07) is 0.567. The van der Waals surface area contributed by atoms with Gasteiger partial charge in [-0.15, -0.1) is 0 Å². The lowest BCUT2D eigenvalue weighted by Crippen LogP contribution is -2.54. The lowest BCUT2D eigenvalue weighted by atomic mass is 9.76. The van der Waals surface area contributed by atoms with E-state index in [1.54, 1.807) is 0 Å². The molecule has 1 N–H and O–H groups in total. The smallest absolute Gasteiger partial charge is 0.310 e. The summed E-state index contributed by atoms with van der Waals surface area (Å²) in [5.41, 5.74) is 0. The van der Waals surface area contributed by atoms with Crippen LogP contribution in [0.15, 0.2) is 0 Å². The van der Waals surface area contributed by atoms with Gasteiger partial charge in [-0.05, 0) is 37.6 Å². The molecule has 4 atom stereocenters. The number of hydrogen-bond donors (Lipinski definition) is 1. The second-order valence-electron chi connectivity index (χ2n) is 6.66. The van der Waals surface area contributed by atoms with Gasteiger partial charge in [0.2, 0.25) is 0 Å². The molecule has 1 saturated heterocycles. The molecule has 1 aliphatic heterocycles. The molecule has 4 nitrogen and oxygen atoms in total. The molecule has 1 saturated carbocycles. The summed E-state index contributed by atoms with van der Waals surface area (Å²) >= 11 is 0. The number of aliphatic carboxylic acids is 1. The van der Waals surface area contributed by atoms with E-state index in [2.05, 4.69) is 25.7 Å². The van der Waals surface area contributed by atoms with Crippen LogP contribution in [0.3, 0.4) is 0 Å². The third-order valence-electron chi connectivity index (χ3n) is 5.14. The van der Waals surface area contributed by atoms with Crippen LogP contribution in [0.5, 0.6) is 0 Å². The number of rotatable bonds is 5. The largest absolute Gasteiger partial charge is 0.481 e. The highest BCUT2D eigenvalue weighted by Gasteiger charge is 2.43. The fourth-order valence-corrected chi connectivity index (χ4v) is 4.22. The Labute approximate surface area is 122 Å². The van der Waals surface area contributed by atoms with Gasteiger partial charge < -0.3 is 9.84 Å². The molecule has 4 unspecified atom stereocenters. The van der Waals surface area contributed by atoms with Crippen molar-refractivity contribution in [2.24, 2.45) is 17.8 Å². The van der Waals surface area contributed by atoms with Gasteiger partial charge in [0.25, 0.3) is 0 Å². The van der Waals surface area contributed by atoms with Crippen LogP contribution in [-0.2, 0) is 9.53 Å². The first kappa shape index (κ1) is 15.8. The van der Waals surface area contributed by atoms with Gasteiger partial charge in [-0.1, -0.05) is 27.2 Å². The van der Waals surface area contributed by atoms with Gasteiger partial charge in [0.1, 0.15) is 0 Å².